The third-order valence-electron chi connectivity index (χ3n) is 7.64. The van der Waals surface area contributed by atoms with Gasteiger partial charge in [0.2, 0.25) is 0 Å². The Hall–Kier alpha value is -2.67. The fourth-order valence-corrected chi connectivity index (χ4v) is 18.2. The Kier molecular flexibility index (Phi) is 7.09. The van der Waals surface area contributed by atoms with Gasteiger partial charge in [-0.05, 0) is 0 Å². The van der Waals surface area contributed by atoms with E-state index < -0.39 is 54.2 Å². The van der Waals surface area contributed by atoms with E-state index in [2.05, 4.69) is 4.21 Å². The first-order valence-corrected chi connectivity index (χ1v) is 18.3. The summed E-state index contributed by atoms with van der Waals surface area (Å²) in [5, 5.41) is 0. The van der Waals surface area contributed by atoms with Gasteiger partial charge in [0.15, 0.2) is 0 Å². The van der Waals surface area contributed by atoms with E-state index in [0.717, 1.165) is 28.9 Å². The van der Waals surface area contributed by atoms with Crippen LogP contribution in [0.1, 0.15) is 45.2 Å². The van der Waals surface area contributed by atoms with Crippen LogP contribution in [0.3, 0.4) is 0 Å². The van der Waals surface area contributed by atoms with Crippen molar-refractivity contribution < 1.29 is 51.1 Å². The number of rotatable bonds is 6. The summed E-state index contributed by atoms with van der Waals surface area (Å²) in [6.07, 6.45) is -4.17. The van der Waals surface area contributed by atoms with Gasteiger partial charge < -0.3 is 0 Å². The van der Waals surface area contributed by atoms with Crippen molar-refractivity contribution in [3.05, 3.63) is 101 Å². The van der Waals surface area contributed by atoms with Crippen LogP contribution in [-0.4, -0.2) is 4.21 Å². The first-order chi connectivity index (χ1) is 17.6. The van der Waals surface area contributed by atoms with Crippen molar-refractivity contribution in [2.24, 2.45) is 5.92 Å². The van der Waals surface area contributed by atoms with Crippen LogP contribution in [0.2, 0.25) is 0 Å². The molecule has 2 aliphatic rings. The van der Waals surface area contributed by atoms with Crippen LogP contribution >= 0.6 is 0 Å². The minimum atomic E-state index is -6.28. The normalized spacial score (nSPS) is 18.8. The molecule has 0 fully saturated rings. The molecule has 9 heteroatoms. The molecule has 2 aromatic carbocycles. The zero-order valence-corrected chi connectivity index (χ0v) is 23.9. The van der Waals surface area contributed by atoms with Crippen LogP contribution in [0.25, 0.3) is 0 Å². The van der Waals surface area contributed by atoms with Gasteiger partial charge >= 0.3 is 220 Å². The molecule has 1 atom stereocenters. The summed E-state index contributed by atoms with van der Waals surface area (Å²) in [5.41, 5.74) is 0.455. The molecule has 0 saturated heterocycles. The van der Waals surface area contributed by atoms with Crippen molar-refractivity contribution >= 4 is 4.21 Å². The summed E-state index contributed by atoms with van der Waals surface area (Å²) in [5.74, 6) is -1.41. The quantitative estimate of drug-likeness (QED) is 0.303. The van der Waals surface area contributed by atoms with Crippen LogP contribution in [0.5, 0.6) is 11.5 Å². The minimum absolute atomic E-state index is 0.235. The van der Waals surface area contributed by atoms with Crippen LogP contribution in [-0.2, 0) is 31.5 Å². The molecule has 0 radical (unpaired) electrons. The fourth-order valence-electron chi connectivity index (χ4n) is 5.48. The van der Waals surface area contributed by atoms with Crippen molar-refractivity contribution in [1.29, 1.82) is 0 Å². The van der Waals surface area contributed by atoms with E-state index in [0.29, 0.717) is 6.56 Å². The third kappa shape index (κ3) is 4.68. The fraction of sp³-hybridized carbons (Fsp3) is 0.276. The van der Waals surface area contributed by atoms with Gasteiger partial charge in [-0.3, -0.25) is 0 Å². The maximum atomic E-state index is 14.1. The van der Waals surface area contributed by atoms with Gasteiger partial charge in [-0.15, -0.1) is 0 Å². The zero-order chi connectivity index (χ0) is 28.1. The summed E-state index contributed by atoms with van der Waals surface area (Å²) in [6.45, 7) is 7.44. The van der Waals surface area contributed by atoms with Crippen LogP contribution in [0.4, 0.5) is 26.3 Å². The zero-order valence-electron chi connectivity index (χ0n) is 21.4. The van der Waals surface area contributed by atoms with Crippen molar-refractivity contribution in [3.63, 3.8) is 0 Å². The average molecular weight is 614 g/mol. The van der Waals surface area contributed by atoms with Gasteiger partial charge in [-0.2, -0.15) is 0 Å². The molecular weight excluding hydrogens is 586 g/mol. The van der Waals surface area contributed by atoms with Gasteiger partial charge in [0.1, 0.15) is 0 Å². The van der Waals surface area contributed by atoms with Crippen molar-refractivity contribution in [3.8, 4) is 11.5 Å². The van der Waals surface area contributed by atoms with Crippen LogP contribution in [0, 0.1) is 5.92 Å². The van der Waals surface area contributed by atoms with Gasteiger partial charge in [0.05, 0.1) is 0 Å². The number of allylic oxidation sites excluding steroid dienone is 8. The summed E-state index contributed by atoms with van der Waals surface area (Å²) < 4.78 is 103. The predicted molar refractivity (Wildman–Crippen MR) is 133 cm³/mol. The van der Waals surface area contributed by atoms with E-state index in [1.165, 1.54) is 36.4 Å². The number of alkyl halides is 6. The van der Waals surface area contributed by atoms with Crippen molar-refractivity contribution in [2.45, 2.75) is 46.5 Å². The number of para-hydroxylation sites is 2. The van der Waals surface area contributed by atoms with Gasteiger partial charge in [-0.1, -0.05) is 0 Å². The first-order valence-electron chi connectivity index (χ1n) is 12.1. The van der Waals surface area contributed by atoms with E-state index in [1.807, 2.05) is 20.8 Å². The molecule has 0 N–H and O–H groups in total. The van der Waals surface area contributed by atoms with Gasteiger partial charge in [0.25, 0.3) is 0 Å². The molecule has 0 aromatic heterocycles. The molecule has 1 unspecified atom stereocenters. The van der Waals surface area contributed by atoms with E-state index in [4.69, 9.17) is 5.63 Å². The summed E-state index contributed by atoms with van der Waals surface area (Å²) in [7, 11) is 0. The van der Waals surface area contributed by atoms with E-state index >= 15 is 0 Å². The molecule has 0 heterocycles. The SMILES string of the molecule is [CH2]=[Zr]([O]c1ccccc1C(F)(F)F)([O]c1ccccc1C(F)(F)F)([C]1=CC=CC1)[C]1=C(C)C(C)=C(C)C1C. The second-order valence-electron chi connectivity index (χ2n) is 9.84. The van der Waals surface area contributed by atoms with Crippen LogP contribution < -0.4 is 5.63 Å². The standard InChI is InChI=1S/C9H13.2C7H5F3O.C5H5.CH2.Zr/c1-6-5-7(2)9(4)8(6)3;2*8-7(9,10)5-3-1-2-4-6(5)11;1-2-4-5-3-1;;/h6H,1-4H3;2*1-4,11H;1-3H,4H2;1H2;/q;;;;;+2/p-2. The van der Waals surface area contributed by atoms with Crippen LogP contribution in [0.15, 0.2) is 90.0 Å². The second-order valence-corrected chi connectivity index (χ2v) is 19.9. The topological polar surface area (TPSA) is 18.5 Å². The molecule has 0 spiro atoms. The number of hydrogen-bond donors (Lipinski definition) is 0. The van der Waals surface area contributed by atoms with E-state index in [9.17, 15) is 26.3 Å². The van der Waals surface area contributed by atoms with Crippen molar-refractivity contribution in [2.75, 3.05) is 0 Å². The predicted octanol–water partition coefficient (Wildman–Crippen LogP) is 9.24. The molecule has 0 amide bonds. The maximum absolute atomic E-state index is 14.1. The number of halogens is 6. The Balaban J connectivity index is 2.10. The Morgan fingerprint density at radius 2 is 1.26 bits per heavy atom. The number of benzene rings is 2. The van der Waals surface area contributed by atoms with E-state index in [-0.39, 0.29) is 12.3 Å². The molecule has 0 aliphatic heterocycles. The Labute approximate surface area is 219 Å². The third-order valence-corrected chi connectivity index (χ3v) is 19.6. The molecule has 0 saturated carbocycles. The Morgan fingerprint density at radius 1 is 0.789 bits per heavy atom. The van der Waals surface area contributed by atoms with E-state index in [1.54, 1.807) is 25.2 Å². The molecule has 202 valence electrons. The summed E-state index contributed by atoms with van der Waals surface area (Å²) in [6, 6.07) is 9.36. The molecule has 38 heavy (non-hydrogen) atoms. The summed E-state index contributed by atoms with van der Waals surface area (Å²) >= 11 is -6.28. The number of hydrogen-bond acceptors (Lipinski definition) is 2. The second kappa shape index (κ2) is 9.51. The molecule has 2 aliphatic carbocycles. The van der Waals surface area contributed by atoms with Gasteiger partial charge in [0, 0.05) is 0 Å². The van der Waals surface area contributed by atoms with Gasteiger partial charge in [-0.25, -0.2) is 0 Å². The Morgan fingerprint density at radius 3 is 1.63 bits per heavy atom. The van der Waals surface area contributed by atoms with Crippen molar-refractivity contribution in [1.82, 2.24) is 0 Å². The average Bonchev–Trinajstić information content (AvgIpc) is 3.44. The Bertz CT molecular complexity index is 1410. The first kappa shape index (κ1) is 28.3. The molecular formula is C29H28F6O2Zr. The molecule has 0 bridgehead atoms. The molecule has 4 rings (SSSR count). The monoisotopic (exact) mass is 612 g/mol. The summed E-state index contributed by atoms with van der Waals surface area (Å²) in [4.78, 5) is 0. The molecule has 2 aromatic rings. The molecule has 2 nitrogen and oxygen atoms in total.